The molecule has 0 N–H and O–H groups in total. The quantitative estimate of drug-likeness (QED) is 0.333. The molecule has 2 amide bonds. The normalized spacial score (nSPS) is 13.7. The molecule has 1 aliphatic heterocycles. The lowest BCUT2D eigenvalue weighted by molar-refractivity contribution is 0.0548. The van der Waals surface area contributed by atoms with E-state index < -0.39 is 5.97 Å². The summed E-state index contributed by atoms with van der Waals surface area (Å²) in [4.78, 5) is 37.7. The number of benzene rings is 1. The molecule has 1 aliphatic rings. The van der Waals surface area contributed by atoms with Crippen molar-refractivity contribution in [2.45, 2.75) is 13.3 Å². The summed E-state index contributed by atoms with van der Waals surface area (Å²) < 4.78 is 9.98. The summed E-state index contributed by atoms with van der Waals surface area (Å²) in [5, 5.41) is 0. The topological polar surface area (TPSA) is 72.9 Å². The summed E-state index contributed by atoms with van der Waals surface area (Å²) >= 11 is 0. The second-order valence-corrected chi connectivity index (χ2v) is 5.04. The number of allylic oxidation sites excluding steroid dienone is 1. The van der Waals surface area contributed by atoms with Gasteiger partial charge in [-0.25, -0.2) is 4.79 Å². The highest BCUT2D eigenvalue weighted by Crippen LogP contribution is 2.24. The first-order chi connectivity index (χ1) is 11.1. The number of esters is 1. The van der Waals surface area contributed by atoms with Crippen molar-refractivity contribution >= 4 is 17.8 Å². The molecule has 0 saturated carbocycles. The Hall–Kier alpha value is -2.47. The number of ether oxygens (including phenoxy) is 2. The van der Waals surface area contributed by atoms with Crippen LogP contribution in [0.1, 0.15) is 44.4 Å². The lowest BCUT2D eigenvalue weighted by Crippen LogP contribution is -2.31. The van der Waals surface area contributed by atoms with Gasteiger partial charge in [-0.3, -0.25) is 14.5 Å². The van der Waals surface area contributed by atoms with Gasteiger partial charge in [0, 0.05) is 20.3 Å². The molecule has 0 aromatic heterocycles. The monoisotopic (exact) mass is 317 g/mol. The number of amides is 2. The maximum absolute atomic E-state index is 12.3. The van der Waals surface area contributed by atoms with Gasteiger partial charge >= 0.3 is 5.97 Å². The van der Waals surface area contributed by atoms with Gasteiger partial charge in [0.25, 0.3) is 11.8 Å². The number of carbonyl (C=O) groups is 3. The number of methoxy groups -OCH3 is 1. The minimum Gasteiger partial charge on any atom is -0.458 e. The third-order valence-corrected chi connectivity index (χ3v) is 3.48. The van der Waals surface area contributed by atoms with Crippen LogP contribution < -0.4 is 0 Å². The van der Waals surface area contributed by atoms with E-state index >= 15 is 0 Å². The standard InChI is InChI=1S/C17H19NO5/c1-3-4-10-23-17(21)12-6-7-13-14(11-12)16(20)18(15(13)19)8-5-9-22-2/h3-4,6-7,11H,5,8-10H2,1-2H3/b4-3+. The summed E-state index contributed by atoms with van der Waals surface area (Å²) in [7, 11) is 1.56. The predicted molar refractivity (Wildman–Crippen MR) is 83.4 cm³/mol. The maximum Gasteiger partial charge on any atom is 0.338 e. The number of nitrogens with zero attached hydrogens (tertiary/aromatic N) is 1. The minimum absolute atomic E-state index is 0.169. The molecule has 2 rings (SSSR count). The first-order valence-electron chi connectivity index (χ1n) is 7.37. The van der Waals surface area contributed by atoms with Crippen LogP contribution >= 0.6 is 0 Å². The molecule has 0 radical (unpaired) electrons. The Bertz CT molecular complexity index is 650. The van der Waals surface area contributed by atoms with Gasteiger partial charge in [0.15, 0.2) is 0 Å². The van der Waals surface area contributed by atoms with Gasteiger partial charge in [0.1, 0.15) is 6.61 Å². The molecule has 0 atom stereocenters. The van der Waals surface area contributed by atoms with Crippen LogP contribution in [0.25, 0.3) is 0 Å². The fourth-order valence-corrected chi connectivity index (χ4v) is 2.29. The highest BCUT2D eigenvalue weighted by Gasteiger charge is 2.35. The summed E-state index contributed by atoms with van der Waals surface area (Å²) in [6.07, 6.45) is 4.05. The fraction of sp³-hybridized carbons (Fsp3) is 0.353. The molecule has 0 unspecified atom stereocenters. The lowest BCUT2D eigenvalue weighted by atomic mass is 10.1. The van der Waals surface area contributed by atoms with Gasteiger partial charge in [0.2, 0.25) is 0 Å². The first kappa shape index (κ1) is 16.9. The van der Waals surface area contributed by atoms with E-state index in [4.69, 9.17) is 9.47 Å². The van der Waals surface area contributed by atoms with E-state index in [1.165, 1.54) is 23.1 Å². The van der Waals surface area contributed by atoms with Crippen LogP contribution in [0, 0.1) is 0 Å². The molecule has 0 spiro atoms. The molecule has 1 aromatic rings. The first-order valence-corrected chi connectivity index (χ1v) is 7.37. The SMILES string of the molecule is C/C=C/COC(=O)c1ccc2c(c1)C(=O)N(CCCOC)C2=O. The van der Waals surface area contributed by atoms with Crippen LogP contribution in [-0.4, -0.2) is 49.6 Å². The second-order valence-electron chi connectivity index (χ2n) is 5.04. The minimum atomic E-state index is -0.524. The number of carbonyl (C=O) groups excluding carboxylic acids is 3. The molecule has 0 fully saturated rings. The molecule has 6 heteroatoms. The Kier molecular flexibility index (Phi) is 5.65. The molecule has 0 bridgehead atoms. The zero-order valence-corrected chi connectivity index (χ0v) is 13.2. The fourth-order valence-electron chi connectivity index (χ4n) is 2.29. The number of imide groups is 1. The lowest BCUT2D eigenvalue weighted by Gasteiger charge is -2.12. The van der Waals surface area contributed by atoms with Crippen LogP contribution in [0.2, 0.25) is 0 Å². The molecular weight excluding hydrogens is 298 g/mol. The third-order valence-electron chi connectivity index (χ3n) is 3.48. The molecule has 0 saturated heterocycles. The summed E-state index contributed by atoms with van der Waals surface area (Å²) in [6, 6.07) is 4.42. The third kappa shape index (κ3) is 3.65. The van der Waals surface area contributed by atoms with E-state index in [0.717, 1.165) is 0 Å². The van der Waals surface area contributed by atoms with Crippen molar-refractivity contribution in [1.29, 1.82) is 0 Å². The Morgan fingerprint density at radius 1 is 1.22 bits per heavy atom. The number of rotatable bonds is 7. The highest BCUT2D eigenvalue weighted by atomic mass is 16.5. The van der Waals surface area contributed by atoms with Crippen molar-refractivity contribution < 1.29 is 23.9 Å². The largest absolute Gasteiger partial charge is 0.458 e. The van der Waals surface area contributed by atoms with Gasteiger partial charge < -0.3 is 9.47 Å². The average Bonchev–Trinajstić information content (AvgIpc) is 2.79. The molecule has 1 heterocycles. The van der Waals surface area contributed by atoms with Crippen LogP contribution in [0.4, 0.5) is 0 Å². The van der Waals surface area contributed by atoms with Crippen molar-refractivity contribution in [3.8, 4) is 0 Å². The maximum atomic E-state index is 12.3. The van der Waals surface area contributed by atoms with Crippen molar-refractivity contribution in [2.24, 2.45) is 0 Å². The van der Waals surface area contributed by atoms with E-state index in [1.54, 1.807) is 19.3 Å². The zero-order chi connectivity index (χ0) is 16.8. The van der Waals surface area contributed by atoms with E-state index in [-0.39, 0.29) is 29.5 Å². The molecular formula is C17H19NO5. The smallest absolute Gasteiger partial charge is 0.338 e. The molecule has 1 aromatic carbocycles. The molecule has 0 aliphatic carbocycles. The van der Waals surface area contributed by atoms with Gasteiger partial charge in [-0.2, -0.15) is 0 Å². The van der Waals surface area contributed by atoms with Gasteiger partial charge in [-0.1, -0.05) is 12.2 Å². The molecule has 122 valence electrons. The van der Waals surface area contributed by atoms with Crippen LogP contribution in [-0.2, 0) is 9.47 Å². The number of hydrogen-bond acceptors (Lipinski definition) is 5. The number of hydrogen-bond donors (Lipinski definition) is 0. The Labute approximate surface area is 134 Å². The molecule has 23 heavy (non-hydrogen) atoms. The van der Waals surface area contributed by atoms with E-state index in [2.05, 4.69) is 0 Å². The van der Waals surface area contributed by atoms with Crippen molar-refractivity contribution in [1.82, 2.24) is 4.90 Å². The van der Waals surface area contributed by atoms with Crippen LogP contribution in [0.15, 0.2) is 30.4 Å². The van der Waals surface area contributed by atoms with Gasteiger partial charge in [0.05, 0.1) is 16.7 Å². The van der Waals surface area contributed by atoms with Gasteiger partial charge in [-0.05, 0) is 31.5 Å². The van der Waals surface area contributed by atoms with E-state index in [1.807, 2.05) is 6.92 Å². The molecule has 6 nitrogen and oxygen atoms in total. The van der Waals surface area contributed by atoms with E-state index in [9.17, 15) is 14.4 Å². The second kappa shape index (κ2) is 7.69. The summed E-state index contributed by atoms with van der Waals surface area (Å²) in [5.74, 6) is -1.25. The van der Waals surface area contributed by atoms with E-state index in [0.29, 0.717) is 25.1 Å². The Balaban J connectivity index is 2.14. The average molecular weight is 317 g/mol. The van der Waals surface area contributed by atoms with Crippen LogP contribution in [0.3, 0.4) is 0 Å². The zero-order valence-electron chi connectivity index (χ0n) is 13.2. The van der Waals surface area contributed by atoms with Crippen molar-refractivity contribution in [2.75, 3.05) is 26.9 Å². The summed E-state index contributed by atoms with van der Waals surface area (Å²) in [6.45, 7) is 2.76. The highest BCUT2D eigenvalue weighted by molar-refractivity contribution is 6.21. The Morgan fingerprint density at radius 3 is 2.65 bits per heavy atom. The Morgan fingerprint density at radius 2 is 1.96 bits per heavy atom. The predicted octanol–water partition coefficient (Wildman–Crippen LogP) is 2.05. The van der Waals surface area contributed by atoms with Crippen molar-refractivity contribution in [3.63, 3.8) is 0 Å². The van der Waals surface area contributed by atoms with Gasteiger partial charge in [-0.15, -0.1) is 0 Å². The van der Waals surface area contributed by atoms with Crippen LogP contribution in [0.5, 0.6) is 0 Å². The number of fused-ring (bicyclic) bond motifs is 1. The summed E-state index contributed by atoms with van der Waals surface area (Å²) in [5.41, 5.74) is 0.818. The van der Waals surface area contributed by atoms with Crippen molar-refractivity contribution in [3.05, 3.63) is 47.0 Å².